The number of carbonyl (C=O) groups excluding carboxylic acids is 2. The van der Waals surface area contributed by atoms with Gasteiger partial charge in [0.25, 0.3) is 5.91 Å². The van der Waals surface area contributed by atoms with Crippen LogP contribution in [0.25, 0.3) is 6.08 Å². The van der Waals surface area contributed by atoms with Gasteiger partial charge in [0, 0.05) is 18.1 Å². The molecule has 0 saturated heterocycles. The number of esters is 1. The summed E-state index contributed by atoms with van der Waals surface area (Å²) < 4.78 is 10.7. The predicted molar refractivity (Wildman–Crippen MR) is 116 cm³/mol. The van der Waals surface area contributed by atoms with E-state index >= 15 is 0 Å². The lowest BCUT2D eigenvalue weighted by Crippen LogP contribution is -2.13. The number of carbonyl (C=O) groups is 2. The van der Waals surface area contributed by atoms with E-state index in [1.807, 2.05) is 25.1 Å². The third kappa shape index (κ3) is 5.55. The summed E-state index contributed by atoms with van der Waals surface area (Å²) in [6.45, 7) is 1.94. The Balaban J connectivity index is 1.79. The second-order valence-electron chi connectivity index (χ2n) is 6.53. The molecule has 1 amide bonds. The Morgan fingerprint density at radius 2 is 1.74 bits per heavy atom. The van der Waals surface area contributed by atoms with Gasteiger partial charge in [0.2, 0.25) is 0 Å². The first-order valence-corrected chi connectivity index (χ1v) is 9.30. The molecule has 0 aliphatic carbocycles. The lowest BCUT2D eigenvalue weighted by Gasteiger charge is -2.10. The summed E-state index contributed by atoms with van der Waals surface area (Å²) in [6.07, 6.45) is 4.42. The van der Waals surface area contributed by atoms with Crippen molar-refractivity contribution in [3.8, 4) is 17.6 Å². The zero-order chi connectivity index (χ0) is 22.2. The second kappa shape index (κ2) is 9.85. The average Bonchev–Trinajstić information content (AvgIpc) is 2.80. The molecule has 0 bridgehead atoms. The smallest absolute Gasteiger partial charge is 0.343 e. The van der Waals surface area contributed by atoms with Crippen LogP contribution in [0.15, 0.2) is 72.6 Å². The normalized spacial score (nSPS) is 10.7. The molecule has 0 saturated carbocycles. The Labute approximate surface area is 179 Å². The highest BCUT2D eigenvalue weighted by Gasteiger charge is 2.14. The number of hydrogen-bond acceptors (Lipinski definition) is 6. The van der Waals surface area contributed by atoms with Crippen molar-refractivity contribution in [3.05, 3.63) is 89.3 Å². The highest BCUT2D eigenvalue weighted by Crippen LogP contribution is 2.29. The van der Waals surface area contributed by atoms with Gasteiger partial charge in [-0.3, -0.25) is 9.78 Å². The largest absolute Gasteiger partial charge is 0.493 e. The number of anilines is 1. The summed E-state index contributed by atoms with van der Waals surface area (Å²) in [5.41, 5.74) is 2.46. The molecule has 0 unspecified atom stereocenters. The number of nitrogens with zero attached hydrogens (tertiary/aromatic N) is 2. The van der Waals surface area contributed by atoms with Crippen LogP contribution in [0.1, 0.15) is 21.5 Å². The molecule has 7 heteroatoms. The standard InChI is InChI=1S/C24H19N3O4/c1-16-3-6-20(7-4-16)27-23(28)19(15-25)13-17-5-8-21(22(14-17)30-2)31-24(29)18-9-11-26-12-10-18/h3-14H,1-2H3,(H,27,28)/b19-13+. The fourth-order valence-electron chi connectivity index (χ4n) is 2.66. The summed E-state index contributed by atoms with van der Waals surface area (Å²) >= 11 is 0. The van der Waals surface area contributed by atoms with Gasteiger partial charge >= 0.3 is 5.97 Å². The van der Waals surface area contributed by atoms with Gasteiger partial charge in [-0.2, -0.15) is 5.26 Å². The highest BCUT2D eigenvalue weighted by molar-refractivity contribution is 6.09. The van der Waals surface area contributed by atoms with Crippen LogP contribution >= 0.6 is 0 Å². The van der Waals surface area contributed by atoms with Crippen LogP contribution in [0.2, 0.25) is 0 Å². The number of aromatic nitrogens is 1. The van der Waals surface area contributed by atoms with Crippen LogP contribution in [0.3, 0.4) is 0 Å². The average molecular weight is 413 g/mol. The molecular weight excluding hydrogens is 394 g/mol. The van der Waals surface area contributed by atoms with Crippen molar-refractivity contribution in [2.24, 2.45) is 0 Å². The number of pyridine rings is 1. The number of nitriles is 1. The van der Waals surface area contributed by atoms with Crippen LogP contribution in [0.5, 0.6) is 11.5 Å². The van der Waals surface area contributed by atoms with E-state index in [2.05, 4.69) is 10.3 Å². The van der Waals surface area contributed by atoms with Crippen molar-refractivity contribution < 1.29 is 19.1 Å². The molecule has 3 aromatic rings. The van der Waals surface area contributed by atoms with Gasteiger partial charge in [-0.15, -0.1) is 0 Å². The maximum absolute atomic E-state index is 12.4. The lowest BCUT2D eigenvalue weighted by molar-refractivity contribution is -0.112. The van der Waals surface area contributed by atoms with Gasteiger partial charge in [-0.05, 0) is 55.0 Å². The van der Waals surface area contributed by atoms with Crippen LogP contribution in [-0.2, 0) is 4.79 Å². The topological polar surface area (TPSA) is 101 Å². The minimum Gasteiger partial charge on any atom is -0.493 e. The number of rotatable bonds is 6. The van der Waals surface area contributed by atoms with E-state index < -0.39 is 11.9 Å². The Kier molecular flexibility index (Phi) is 6.76. The van der Waals surface area contributed by atoms with Crippen molar-refractivity contribution in [3.63, 3.8) is 0 Å². The van der Waals surface area contributed by atoms with Gasteiger partial charge in [-0.25, -0.2) is 4.79 Å². The van der Waals surface area contributed by atoms with Crippen LogP contribution in [-0.4, -0.2) is 24.0 Å². The molecule has 2 aromatic carbocycles. The maximum Gasteiger partial charge on any atom is 0.343 e. The second-order valence-corrected chi connectivity index (χ2v) is 6.53. The summed E-state index contributed by atoms with van der Waals surface area (Å²) in [5.74, 6) is -0.589. The van der Waals surface area contributed by atoms with E-state index in [1.165, 1.54) is 43.8 Å². The number of amides is 1. The number of benzene rings is 2. The third-order valence-electron chi connectivity index (χ3n) is 4.29. The molecule has 1 heterocycles. The van der Waals surface area contributed by atoms with E-state index in [4.69, 9.17) is 9.47 Å². The molecule has 7 nitrogen and oxygen atoms in total. The number of aryl methyl sites for hydroxylation is 1. The fourth-order valence-corrected chi connectivity index (χ4v) is 2.66. The Morgan fingerprint density at radius 3 is 2.39 bits per heavy atom. The molecule has 0 fully saturated rings. The molecule has 3 rings (SSSR count). The molecule has 154 valence electrons. The molecule has 0 radical (unpaired) electrons. The number of nitrogens with one attached hydrogen (secondary N) is 1. The quantitative estimate of drug-likeness (QED) is 0.282. The Hall–Kier alpha value is -4.44. The first-order valence-electron chi connectivity index (χ1n) is 9.30. The molecule has 0 atom stereocenters. The van der Waals surface area contributed by atoms with Crippen molar-refractivity contribution in [1.29, 1.82) is 5.26 Å². The van der Waals surface area contributed by atoms with E-state index in [9.17, 15) is 14.9 Å². The minimum atomic E-state index is -0.556. The Morgan fingerprint density at radius 1 is 1.03 bits per heavy atom. The highest BCUT2D eigenvalue weighted by atomic mass is 16.6. The van der Waals surface area contributed by atoms with E-state index in [0.717, 1.165) is 5.56 Å². The molecule has 0 spiro atoms. The molecule has 1 N–H and O–H groups in total. The van der Waals surface area contributed by atoms with Crippen molar-refractivity contribution in [2.45, 2.75) is 6.92 Å². The van der Waals surface area contributed by atoms with E-state index in [0.29, 0.717) is 16.8 Å². The molecule has 31 heavy (non-hydrogen) atoms. The molecule has 0 aliphatic rings. The fraction of sp³-hybridized carbons (Fsp3) is 0.0833. The van der Waals surface area contributed by atoms with Crippen molar-refractivity contribution in [2.75, 3.05) is 12.4 Å². The van der Waals surface area contributed by atoms with Crippen LogP contribution in [0, 0.1) is 18.3 Å². The zero-order valence-corrected chi connectivity index (χ0v) is 17.0. The van der Waals surface area contributed by atoms with Gasteiger partial charge in [0.15, 0.2) is 11.5 Å². The predicted octanol–water partition coefficient (Wildman–Crippen LogP) is 4.16. The molecule has 1 aromatic heterocycles. The first kappa shape index (κ1) is 21.3. The van der Waals surface area contributed by atoms with Gasteiger partial charge in [0.1, 0.15) is 11.6 Å². The monoisotopic (exact) mass is 413 g/mol. The lowest BCUT2D eigenvalue weighted by atomic mass is 10.1. The zero-order valence-electron chi connectivity index (χ0n) is 17.0. The number of hydrogen-bond donors (Lipinski definition) is 1. The first-order chi connectivity index (χ1) is 15.0. The van der Waals surface area contributed by atoms with Crippen molar-refractivity contribution >= 4 is 23.6 Å². The van der Waals surface area contributed by atoms with Crippen molar-refractivity contribution in [1.82, 2.24) is 4.98 Å². The van der Waals surface area contributed by atoms with Gasteiger partial charge in [-0.1, -0.05) is 23.8 Å². The minimum absolute atomic E-state index is 0.0795. The Bertz CT molecular complexity index is 1160. The van der Waals surface area contributed by atoms with E-state index in [1.54, 1.807) is 24.3 Å². The maximum atomic E-state index is 12.4. The van der Waals surface area contributed by atoms with Gasteiger partial charge in [0.05, 0.1) is 12.7 Å². The van der Waals surface area contributed by atoms with Crippen LogP contribution < -0.4 is 14.8 Å². The van der Waals surface area contributed by atoms with Gasteiger partial charge < -0.3 is 14.8 Å². The number of methoxy groups -OCH3 is 1. The van der Waals surface area contributed by atoms with E-state index in [-0.39, 0.29) is 17.1 Å². The SMILES string of the molecule is COc1cc(/C=C(\C#N)C(=O)Nc2ccc(C)cc2)ccc1OC(=O)c1ccncc1. The third-order valence-corrected chi connectivity index (χ3v) is 4.29. The number of ether oxygens (including phenoxy) is 2. The molecular formula is C24H19N3O4. The summed E-state index contributed by atoms with van der Waals surface area (Å²) in [4.78, 5) is 28.6. The molecule has 0 aliphatic heterocycles. The summed E-state index contributed by atoms with van der Waals surface area (Å²) in [5, 5.41) is 12.1. The summed E-state index contributed by atoms with van der Waals surface area (Å²) in [6, 6.07) is 17.0. The van der Waals surface area contributed by atoms with Crippen LogP contribution in [0.4, 0.5) is 5.69 Å². The summed E-state index contributed by atoms with van der Waals surface area (Å²) in [7, 11) is 1.43.